The van der Waals surface area contributed by atoms with E-state index in [0.717, 1.165) is 5.56 Å². The maximum atomic E-state index is 6.23. The summed E-state index contributed by atoms with van der Waals surface area (Å²) in [7, 11) is 0. The second kappa shape index (κ2) is 4.95. The quantitative estimate of drug-likeness (QED) is 0.827. The molecule has 0 bridgehead atoms. The van der Waals surface area contributed by atoms with E-state index in [0.29, 0.717) is 19.8 Å². The van der Waals surface area contributed by atoms with Crippen LogP contribution in [-0.4, -0.2) is 25.9 Å². The second-order valence-electron chi connectivity index (χ2n) is 4.37. The first-order valence-electron chi connectivity index (χ1n) is 5.70. The van der Waals surface area contributed by atoms with E-state index >= 15 is 0 Å². The van der Waals surface area contributed by atoms with Crippen LogP contribution in [-0.2, 0) is 9.47 Å². The van der Waals surface area contributed by atoms with Crippen molar-refractivity contribution in [2.75, 3.05) is 19.8 Å². The summed E-state index contributed by atoms with van der Waals surface area (Å²) in [5.41, 5.74) is 9.84. The minimum atomic E-state index is -0.0970. The van der Waals surface area contributed by atoms with Gasteiger partial charge in [-0.1, -0.05) is 23.8 Å². The maximum Gasteiger partial charge on any atom is 0.100 e. The summed E-state index contributed by atoms with van der Waals surface area (Å²) in [5.74, 6) is 0. The predicted octanol–water partition coefficient (Wildman–Crippen LogP) is 1.72. The number of nitrogens with two attached hydrogens (primary N) is 1. The van der Waals surface area contributed by atoms with Gasteiger partial charge in [0.15, 0.2) is 0 Å². The number of rotatable bonds is 2. The van der Waals surface area contributed by atoms with Crippen LogP contribution < -0.4 is 5.73 Å². The molecule has 2 unspecified atom stereocenters. The second-order valence-corrected chi connectivity index (χ2v) is 4.37. The SMILES string of the molecule is Cc1ccc(C)c(C(N)C2COCCO2)c1. The van der Waals surface area contributed by atoms with Crippen molar-refractivity contribution in [3.05, 3.63) is 34.9 Å². The fourth-order valence-electron chi connectivity index (χ4n) is 2.03. The summed E-state index contributed by atoms with van der Waals surface area (Å²) < 4.78 is 11.0. The molecule has 1 aliphatic rings. The molecule has 3 heteroatoms. The van der Waals surface area contributed by atoms with E-state index in [-0.39, 0.29) is 12.1 Å². The molecular weight excluding hydrogens is 202 g/mol. The summed E-state index contributed by atoms with van der Waals surface area (Å²) in [6.45, 7) is 6.07. The van der Waals surface area contributed by atoms with Gasteiger partial charge in [-0.15, -0.1) is 0 Å². The van der Waals surface area contributed by atoms with Crippen LogP contribution >= 0.6 is 0 Å². The average molecular weight is 221 g/mol. The first-order chi connectivity index (χ1) is 7.68. The van der Waals surface area contributed by atoms with E-state index < -0.39 is 0 Å². The van der Waals surface area contributed by atoms with Gasteiger partial charge in [-0.2, -0.15) is 0 Å². The Morgan fingerprint density at radius 2 is 2.12 bits per heavy atom. The Hall–Kier alpha value is -0.900. The average Bonchev–Trinajstić information content (AvgIpc) is 2.32. The topological polar surface area (TPSA) is 44.5 Å². The van der Waals surface area contributed by atoms with Crippen molar-refractivity contribution in [3.8, 4) is 0 Å². The lowest BCUT2D eigenvalue weighted by atomic mass is 9.96. The van der Waals surface area contributed by atoms with Crippen molar-refractivity contribution in [2.24, 2.45) is 5.73 Å². The zero-order valence-corrected chi connectivity index (χ0v) is 9.90. The molecule has 1 saturated heterocycles. The minimum Gasteiger partial charge on any atom is -0.376 e. The number of hydrogen-bond acceptors (Lipinski definition) is 3. The molecule has 2 N–H and O–H groups in total. The summed E-state index contributed by atoms with van der Waals surface area (Å²) in [5, 5.41) is 0. The summed E-state index contributed by atoms with van der Waals surface area (Å²) in [4.78, 5) is 0. The highest BCUT2D eigenvalue weighted by atomic mass is 16.6. The molecule has 0 aromatic heterocycles. The molecule has 0 amide bonds. The molecule has 0 radical (unpaired) electrons. The fourth-order valence-corrected chi connectivity index (χ4v) is 2.03. The van der Waals surface area contributed by atoms with Gasteiger partial charge in [0.25, 0.3) is 0 Å². The molecule has 1 fully saturated rings. The van der Waals surface area contributed by atoms with Crippen molar-refractivity contribution in [1.82, 2.24) is 0 Å². The van der Waals surface area contributed by atoms with Crippen LogP contribution in [0, 0.1) is 13.8 Å². The zero-order chi connectivity index (χ0) is 11.5. The van der Waals surface area contributed by atoms with Crippen LogP contribution in [0.25, 0.3) is 0 Å². The van der Waals surface area contributed by atoms with Gasteiger partial charge in [-0.05, 0) is 25.0 Å². The van der Waals surface area contributed by atoms with Crippen LogP contribution in [0.2, 0.25) is 0 Å². The van der Waals surface area contributed by atoms with E-state index in [4.69, 9.17) is 15.2 Å². The van der Waals surface area contributed by atoms with Gasteiger partial charge in [-0.3, -0.25) is 0 Å². The van der Waals surface area contributed by atoms with Crippen LogP contribution in [0.1, 0.15) is 22.7 Å². The van der Waals surface area contributed by atoms with E-state index in [1.807, 2.05) is 0 Å². The van der Waals surface area contributed by atoms with Gasteiger partial charge < -0.3 is 15.2 Å². The van der Waals surface area contributed by atoms with Crippen LogP contribution in [0.5, 0.6) is 0 Å². The van der Waals surface area contributed by atoms with Gasteiger partial charge in [-0.25, -0.2) is 0 Å². The third kappa shape index (κ3) is 2.43. The normalized spacial score (nSPS) is 23.1. The van der Waals surface area contributed by atoms with Crippen LogP contribution in [0.4, 0.5) is 0 Å². The molecule has 2 atom stereocenters. The molecule has 2 rings (SSSR count). The fraction of sp³-hybridized carbons (Fsp3) is 0.538. The first-order valence-corrected chi connectivity index (χ1v) is 5.70. The molecule has 88 valence electrons. The maximum absolute atomic E-state index is 6.23. The summed E-state index contributed by atoms with van der Waals surface area (Å²) in [6.07, 6.45) is -0.0192. The molecule has 0 aliphatic carbocycles. The van der Waals surface area contributed by atoms with E-state index in [9.17, 15) is 0 Å². The lowest BCUT2D eigenvalue weighted by Gasteiger charge is -2.29. The van der Waals surface area contributed by atoms with Crippen LogP contribution in [0.15, 0.2) is 18.2 Å². The van der Waals surface area contributed by atoms with Crippen molar-refractivity contribution < 1.29 is 9.47 Å². The standard InChI is InChI=1S/C13H19NO2/c1-9-3-4-10(2)11(7-9)13(14)12-8-15-5-6-16-12/h3-4,7,12-13H,5-6,8,14H2,1-2H3. The molecular formula is C13H19NO2. The molecule has 16 heavy (non-hydrogen) atoms. The smallest absolute Gasteiger partial charge is 0.100 e. The predicted molar refractivity (Wildman–Crippen MR) is 63.4 cm³/mol. The molecule has 0 saturated carbocycles. The molecule has 3 nitrogen and oxygen atoms in total. The Balaban J connectivity index is 2.18. The van der Waals surface area contributed by atoms with Crippen molar-refractivity contribution in [3.63, 3.8) is 0 Å². The molecule has 1 aromatic carbocycles. The van der Waals surface area contributed by atoms with Gasteiger partial charge >= 0.3 is 0 Å². The molecule has 1 aromatic rings. The van der Waals surface area contributed by atoms with Crippen LogP contribution in [0.3, 0.4) is 0 Å². The van der Waals surface area contributed by atoms with E-state index in [1.165, 1.54) is 11.1 Å². The van der Waals surface area contributed by atoms with Gasteiger partial charge in [0.1, 0.15) is 6.10 Å². The van der Waals surface area contributed by atoms with E-state index in [1.54, 1.807) is 0 Å². The third-order valence-electron chi connectivity index (χ3n) is 3.04. The number of benzene rings is 1. The monoisotopic (exact) mass is 221 g/mol. The Morgan fingerprint density at radius 1 is 1.31 bits per heavy atom. The highest BCUT2D eigenvalue weighted by Gasteiger charge is 2.24. The number of ether oxygens (including phenoxy) is 2. The van der Waals surface area contributed by atoms with Crippen molar-refractivity contribution >= 4 is 0 Å². The first kappa shape index (κ1) is 11.6. The molecule has 1 heterocycles. The Morgan fingerprint density at radius 3 is 2.81 bits per heavy atom. The Labute approximate surface area is 96.5 Å². The van der Waals surface area contributed by atoms with Gasteiger partial charge in [0, 0.05) is 0 Å². The lowest BCUT2D eigenvalue weighted by Crippen LogP contribution is -2.38. The Kier molecular flexibility index (Phi) is 3.59. The Bertz CT molecular complexity index is 359. The summed E-state index contributed by atoms with van der Waals surface area (Å²) >= 11 is 0. The highest BCUT2D eigenvalue weighted by Crippen LogP contribution is 2.23. The van der Waals surface area contributed by atoms with E-state index in [2.05, 4.69) is 32.0 Å². The lowest BCUT2D eigenvalue weighted by molar-refractivity contribution is -0.0976. The minimum absolute atomic E-state index is 0.0192. The van der Waals surface area contributed by atoms with Gasteiger partial charge in [0.2, 0.25) is 0 Å². The van der Waals surface area contributed by atoms with Gasteiger partial charge in [0.05, 0.1) is 25.9 Å². The molecule has 1 aliphatic heterocycles. The third-order valence-corrected chi connectivity index (χ3v) is 3.04. The van der Waals surface area contributed by atoms with Crippen molar-refractivity contribution in [2.45, 2.75) is 26.0 Å². The molecule has 0 spiro atoms. The largest absolute Gasteiger partial charge is 0.376 e. The summed E-state index contributed by atoms with van der Waals surface area (Å²) in [6, 6.07) is 6.25. The number of aryl methyl sites for hydroxylation is 2. The van der Waals surface area contributed by atoms with Crippen molar-refractivity contribution in [1.29, 1.82) is 0 Å². The highest BCUT2D eigenvalue weighted by molar-refractivity contribution is 5.33. The zero-order valence-electron chi connectivity index (χ0n) is 9.90. The number of hydrogen-bond donors (Lipinski definition) is 1.